The zero-order valence-corrected chi connectivity index (χ0v) is 17.4. The van der Waals surface area contributed by atoms with Crippen LogP contribution in [0.5, 0.6) is 5.75 Å². The molecular formula is C23H20F3N5O2. The summed E-state index contributed by atoms with van der Waals surface area (Å²) in [5.74, 6) is 5.79. The Kier molecular flexibility index (Phi) is 6.22. The van der Waals surface area contributed by atoms with Crippen LogP contribution in [0.15, 0.2) is 49.3 Å². The first-order chi connectivity index (χ1) is 15.8. The van der Waals surface area contributed by atoms with Crippen LogP contribution in [0.4, 0.5) is 19.0 Å². The van der Waals surface area contributed by atoms with Crippen LogP contribution in [0.1, 0.15) is 17.7 Å². The standard InChI is InChI=1S/C23H20F3N5O2/c1-2-20(32)31-10-9-16(13-31)30-22-17-12-15(29-21(17)27-14-28-22)6-5-11-33-19-8-4-3-7-18(19)23(24,25)26/h2-4,7-8,12,14,16H,1,9-11,13H2,(H2,27,28,29,30)/t16-/m1/s1. The highest BCUT2D eigenvalue weighted by atomic mass is 19.4. The molecule has 7 nitrogen and oxygen atoms in total. The minimum Gasteiger partial charge on any atom is -0.480 e. The van der Waals surface area contributed by atoms with Crippen molar-refractivity contribution in [3.8, 4) is 17.6 Å². The number of amides is 1. The number of ether oxygens (including phenoxy) is 1. The Hall–Kier alpha value is -4.00. The molecular weight excluding hydrogens is 435 g/mol. The number of para-hydroxylation sites is 1. The van der Waals surface area contributed by atoms with E-state index in [2.05, 4.69) is 38.7 Å². The fraction of sp³-hybridized carbons (Fsp3) is 0.261. The molecule has 10 heteroatoms. The molecule has 0 spiro atoms. The van der Waals surface area contributed by atoms with E-state index >= 15 is 0 Å². The van der Waals surface area contributed by atoms with Crippen molar-refractivity contribution in [2.24, 2.45) is 0 Å². The molecule has 2 N–H and O–H groups in total. The molecule has 1 aliphatic heterocycles. The molecule has 0 aliphatic carbocycles. The smallest absolute Gasteiger partial charge is 0.419 e. The van der Waals surface area contributed by atoms with E-state index in [-0.39, 0.29) is 24.3 Å². The molecule has 3 aromatic rings. The number of hydrogen-bond donors (Lipinski definition) is 2. The Morgan fingerprint density at radius 2 is 2.18 bits per heavy atom. The van der Waals surface area contributed by atoms with E-state index in [1.54, 1.807) is 11.0 Å². The zero-order valence-electron chi connectivity index (χ0n) is 17.4. The number of carbonyl (C=O) groups excluding carboxylic acids is 1. The van der Waals surface area contributed by atoms with Crippen LogP contribution >= 0.6 is 0 Å². The number of alkyl halides is 3. The maximum absolute atomic E-state index is 13.0. The number of fused-ring (bicyclic) bond motifs is 1. The second-order valence-electron chi connectivity index (χ2n) is 7.37. The highest BCUT2D eigenvalue weighted by Gasteiger charge is 2.34. The van der Waals surface area contributed by atoms with E-state index in [1.165, 1.54) is 30.6 Å². The SMILES string of the molecule is C=CC(=O)N1CC[C@@H](Nc2ncnc3[nH]c(C#CCOc4ccccc4C(F)(F)F)cc23)C1. The summed E-state index contributed by atoms with van der Waals surface area (Å²) in [7, 11) is 0. The summed E-state index contributed by atoms with van der Waals surface area (Å²) in [6.45, 7) is 4.48. The molecule has 0 bridgehead atoms. The van der Waals surface area contributed by atoms with Gasteiger partial charge >= 0.3 is 6.18 Å². The maximum Gasteiger partial charge on any atom is 0.419 e. The van der Waals surface area contributed by atoms with Gasteiger partial charge in [0.1, 0.15) is 30.1 Å². The molecule has 1 amide bonds. The Morgan fingerprint density at radius 1 is 1.36 bits per heavy atom. The third kappa shape index (κ3) is 5.09. The van der Waals surface area contributed by atoms with Crippen molar-refractivity contribution in [3.63, 3.8) is 0 Å². The Labute approximate surface area is 187 Å². The molecule has 170 valence electrons. The van der Waals surface area contributed by atoms with E-state index in [0.717, 1.165) is 17.9 Å². The van der Waals surface area contributed by atoms with E-state index in [9.17, 15) is 18.0 Å². The van der Waals surface area contributed by atoms with Crippen LogP contribution in [0, 0.1) is 11.8 Å². The fourth-order valence-electron chi connectivity index (χ4n) is 3.59. The minimum atomic E-state index is -4.50. The number of halogens is 3. The van der Waals surface area contributed by atoms with Crippen molar-refractivity contribution in [1.29, 1.82) is 0 Å². The van der Waals surface area contributed by atoms with Gasteiger partial charge in [0.05, 0.1) is 16.6 Å². The molecule has 1 atom stereocenters. The van der Waals surface area contributed by atoms with Gasteiger partial charge in [-0.2, -0.15) is 13.2 Å². The molecule has 4 rings (SSSR count). The van der Waals surface area contributed by atoms with Gasteiger partial charge in [0.2, 0.25) is 5.91 Å². The lowest BCUT2D eigenvalue weighted by Gasteiger charge is -2.15. The van der Waals surface area contributed by atoms with Crippen LogP contribution in [-0.2, 0) is 11.0 Å². The number of aromatic amines is 1. The topological polar surface area (TPSA) is 83.1 Å². The molecule has 0 radical (unpaired) electrons. The van der Waals surface area contributed by atoms with Gasteiger partial charge in [-0.3, -0.25) is 4.79 Å². The van der Waals surface area contributed by atoms with Crippen molar-refractivity contribution in [1.82, 2.24) is 19.9 Å². The quantitative estimate of drug-likeness (QED) is 0.454. The van der Waals surface area contributed by atoms with Crippen molar-refractivity contribution < 1.29 is 22.7 Å². The molecule has 0 saturated carbocycles. The number of anilines is 1. The lowest BCUT2D eigenvalue weighted by molar-refractivity contribution is -0.138. The number of carbonyl (C=O) groups is 1. The summed E-state index contributed by atoms with van der Waals surface area (Å²) in [6.07, 6.45) is -1.01. The number of hydrogen-bond acceptors (Lipinski definition) is 5. The third-order valence-electron chi connectivity index (χ3n) is 5.16. The van der Waals surface area contributed by atoms with Gasteiger partial charge < -0.3 is 19.9 Å². The summed E-state index contributed by atoms with van der Waals surface area (Å²) >= 11 is 0. The first kappa shape index (κ1) is 22.2. The van der Waals surface area contributed by atoms with Gasteiger partial charge in [-0.25, -0.2) is 9.97 Å². The zero-order chi connectivity index (χ0) is 23.4. The van der Waals surface area contributed by atoms with Crippen LogP contribution in [-0.4, -0.2) is 51.5 Å². The van der Waals surface area contributed by atoms with Crippen molar-refractivity contribution in [3.05, 3.63) is 60.6 Å². The van der Waals surface area contributed by atoms with Crippen LogP contribution in [0.25, 0.3) is 11.0 Å². The molecule has 2 aromatic heterocycles. The predicted molar refractivity (Wildman–Crippen MR) is 117 cm³/mol. The molecule has 1 aromatic carbocycles. The van der Waals surface area contributed by atoms with Crippen molar-refractivity contribution in [2.75, 3.05) is 25.0 Å². The predicted octanol–water partition coefficient (Wildman–Crippen LogP) is 3.61. The van der Waals surface area contributed by atoms with Gasteiger partial charge in [-0.05, 0) is 36.6 Å². The highest BCUT2D eigenvalue weighted by molar-refractivity contribution is 5.89. The minimum absolute atomic E-state index is 0.0403. The van der Waals surface area contributed by atoms with Crippen molar-refractivity contribution >= 4 is 22.8 Å². The lowest BCUT2D eigenvalue weighted by atomic mass is 10.2. The van der Waals surface area contributed by atoms with E-state index in [0.29, 0.717) is 30.2 Å². The number of nitrogens with zero attached hydrogens (tertiary/aromatic N) is 3. The summed E-state index contributed by atoms with van der Waals surface area (Å²) in [6, 6.07) is 6.80. The van der Waals surface area contributed by atoms with E-state index in [4.69, 9.17) is 4.74 Å². The van der Waals surface area contributed by atoms with Crippen LogP contribution in [0.3, 0.4) is 0 Å². The average molecular weight is 455 g/mol. The second-order valence-corrected chi connectivity index (χ2v) is 7.37. The number of benzene rings is 1. The maximum atomic E-state index is 13.0. The number of nitrogens with one attached hydrogen (secondary N) is 2. The van der Waals surface area contributed by atoms with E-state index < -0.39 is 11.7 Å². The monoisotopic (exact) mass is 455 g/mol. The first-order valence-corrected chi connectivity index (χ1v) is 10.1. The molecule has 1 aliphatic rings. The molecule has 33 heavy (non-hydrogen) atoms. The summed E-state index contributed by atoms with van der Waals surface area (Å²) in [5.41, 5.74) is 0.247. The summed E-state index contributed by atoms with van der Waals surface area (Å²) in [5, 5.41) is 4.06. The third-order valence-corrected chi connectivity index (χ3v) is 5.16. The molecule has 1 fully saturated rings. The average Bonchev–Trinajstić information content (AvgIpc) is 3.43. The number of likely N-dealkylation sites (tertiary alicyclic amines) is 1. The Morgan fingerprint density at radius 3 is 2.97 bits per heavy atom. The van der Waals surface area contributed by atoms with Gasteiger partial charge in [-0.15, -0.1) is 0 Å². The van der Waals surface area contributed by atoms with Crippen molar-refractivity contribution in [2.45, 2.75) is 18.6 Å². The molecule has 1 saturated heterocycles. The molecule has 3 heterocycles. The van der Waals surface area contributed by atoms with Crippen LogP contribution < -0.4 is 10.1 Å². The highest BCUT2D eigenvalue weighted by Crippen LogP contribution is 2.35. The van der Waals surface area contributed by atoms with Gasteiger partial charge in [0.15, 0.2) is 0 Å². The second kappa shape index (κ2) is 9.24. The van der Waals surface area contributed by atoms with Gasteiger partial charge in [-0.1, -0.05) is 24.6 Å². The summed E-state index contributed by atoms with van der Waals surface area (Å²) < 4.78 is 44.3. The lowest BCUT2D eigenvalue weighted by Crippen LogP contribution is -2.30. The van der Waals surface area contributed by atoms with Gasteiger partial charge in [0, 0.05) is 19.1 Å². The largest absolute Gasteiger partial charge is 0.480 e. The number of aromatic nitrogens is 3. The Balaban J connectivity index is 1.44. The normalized spacial score (nSPS) is 15.7. The fourth-order valence-corrected chi connectivity index (χ4v) is 3.59. The molecule has 0 unspecified atom stereocenters. The van der Waals surface area contributed by atoms with Gasteiger partial charge in [0.25, 0.3) is 0 Å². The first-order valence-electron chi connectivity index (χ1n) is 10.1. The number of H-pyrrole nitrogens is 1. The number of rotatable bonds is 5. The summed E-state index contributed by atoms with van der Waals surface area (Å²) in [4.78, 5) is 25.0. The Bertz CT molecular complexity index is 1240. The van der Waals surface area contributed by atoms with Crippen LogP contribution in [0.2, 0.25) is 0 Å². The van der Waals surface area contributed by atoms with E-state index in [1.807, 2.05) is 0 Å².